The highest BCUT2D eigenvalue weighted by Crippen LogP contribution is 2.21. The van der Waals surface area contributed by atoms with E-state index in [9.17, 15) is 4.39 Å². The fourth-order valence-corrected chi connectivity index (χ4v) is 1.47. The van der Waals surface area contributed by atoms with Crippen molar-refractivity contribution in [3.8, 4) is 0 Å². The molecular formula is C10H20FN3. The zero-order valence-electron chi connectivity index (χ0n) is 9.50. The molecule has 0 bridgehead atoms. The molecule has 0 aromatic rings. The molecule has 0 saturated carbocycles. The van der Waals surface area contributed by atoms with Crippen LogP contribution >= 0.6 is 0 Å². The van der Waals surface area contributed by atoms with Crippen molar-refractivity contribution in [2.45, 2.75) is 40.5 Å². The van der Waals surface area contributed by atoms with Gasteiger partial charge in [-0.25, -0.2) is 5.01 Å². The van der Waals surface area contributed by atoms with Gasteiger partial charge in [-0.2, -0.15) is 9.49 Å². The van der Waals surface area contributed by atoms with E-state index in [1.807, 2.05) is 6.92 Å². The van der Waals surface area contributed by atoms with Crippen LogP contribution in [0.25, 0.3) is 0 Å². The van der Waals surface area contributed by atoms with Crippen LogP contribution in [-0.2, 0) is 0 Å². The van der Waals surface area contributed by atoms with Crippen molar-refractivity contribution in [3.05, 3.63) is 0 Å². The smallest absolute Gasteiger partial charge is 0.265 e. The summed E-state index contributed by atoms with van der Waals surface area (Å²) >= 11 is 0. The Morgan fingerprint density at radius 3 is 2.57 bits per heavy atom. The summed E-state index contributed by atoms with van der Waals surface area (Å²) in [5.41, 5.74) is 0.0958. The maximum Gasteiger partial charge on any atom is 0.265 e. The molecule has 0 amide bonds. The van der Waals surface area contributed by atoms with Crippen LogP contribution in [-0.4, -0.2) is 35.8 Å². The zero-order valence-corrected chi connectivity index (χ0v) is 9.50. The van der Waals surface area contributed by atoms with Gasteiger partial charge in [0.05, 0.1) is 0 Å². The average Bonchev–Trinajstić information content (AvgIpc) is 2.34. The normalized spacial score (nSPS) is 22.2. The summed E-state index contributed by atoms with van der Waals surface area (Å²) in [5.74, 6) is 0. The fraction of sp³-hybridized carbons (Fsp3) is 0.900. The largest absolute Gasteiger partial charge is 0.313 e. The van der Waals surface area contributed by atoms with Crippen molar-refractivity contribution in [2.75, 3.05) is 13.1 Å². The fourth-order valence-electron chi connectivity index (χ4n) is 1.47. The summed E-state index contributed by atoms with van der Waals surface area (Å²) < 4.78 is 13.7. The second-order valence-electron chi connectivity index (χ2n) is 4.94. The molecule has 0 saturated heterocycles. The SMILES string of the molecule is CCCN1N=CN(CC(C)(C)C)C1F. The minimum absolute atomic E-state index is 0.0958. The lowest BCUT2D eigenvalue weighted by Gasteiger charge is -2.29. The van der Waals surface area contributed by atoms with Crippen LogP contribution in [0, 0.1) is 5.41 Å². The Bertz CT molecular complexity index is 210. The molecule has 3 nitrogen and oxygen atoms in total. The molecule has 1 aliphatic rings. The van der Waals surface area contributed by atoms with E-state index in [1.54, 1.807) is 11.2 Å². The Balaban J connectivity index is 2.48. The molecule has 1 aliphatic heterocycles. The van der Waals surface area contributed by atoms with Gasteiger partial charge < -0.3 is 4.90 Å². The lowest BCUT2D eigenvalue weighted by atomic mass is 9.96. The maximum absolute atomic E-state index is 13.7. The van der Waals surface area contributed by atoms with E-state index in [2.05, 4.69) is 25.9 Å². The van der Waals surface area contributed by atoms with Crippen LogP contribution < -0.4 is 0 Å². The van der Waals surface area contributed by atoms with Gasteiger partial charge >= 0.3 is 0 Å². The van der Waals surface area contributed by atoms with Gasteiger partial charge in [-0.15, -0.1) is 0 Å². The highest BCUT2D eigenvalue weighted by molar-refractivity contribution is 5.56. The Kier molecular flexibility index (Phi) is 3.34. The molecule has 82 valence electrons. The van der Waals surface area contributed by atoms with E-state index in [0.717, 1.165) is 6.42 Å². The number of rotatable bonds is 3. The Morgan fingerprint density at radius 1 is 1.43 bits per heavy atom. The van der Waals surface area contributed by atoms with Crippen LogP contribution in [0.4, 0.5) is 4.39 Å². The summed E-state index contributed by atoms with van der Waals surface area (Å²) in [4.78, 5) is 1.65. The summed E-state index contributed by atoms with van der Waals surface area (Å²) in [6, 6.07) is 0. The van der Waals surface area contributed by atoms with E-state index in [4.69, 9.17) is 0 Å². The van der Waals surface area contributed by atoms with E-state index in [0.29, 0.717) is 13.1 Å². The van der Waals surface area contributed by atoms with Crippen molar-refractivity contribution in [2.24, 2.45) is 10.5 Å². The topological polar surface area (TPSA) is 18.8 Å². The molecule has 4 heteroatoms. The maximum atomic E-state index is 13.7. The predicted octanol–water partition coefficient (Wildman–Crippen LogP) is 2.26. The van der Waals surface area contributed by atoms with Crippen molar-refractivity contribution in [3.63, 3.8) is 0 Å². The number of alkyl halides is 1. The average molecular weight is 201 g/mol. The van der Waals surface area contributed by atoms with Gasteiger partial charge in [0.1, 0.15) is 6.34 Å². The first-order valence-electron chi connectivity index (χ1n) is 5.14. The minimum Gasteiger partial charge on any atom is -0.313 e. The summed E-state index contributed by atoms with van der Waals surface area (Å²) in [6.07, 6.45) is 1.45. The van der Waals surface area contributed by atoms with E-state index >= 15 is 0 Å². The lowest BCUT2D eigenvalue weighted by Crippen LogP contribution is -2.40. The summed E-state index contributed by atoms with van der Waals surface area (Å²) in [5, 5.41) is 5.52. The zero-order chi connectivity index (χ0) is 10.8. The van der Waals surface area contributed by atoms with Gasteiger partial charge in [0.2, 0.25) is 0 Å². The highest BCUT2D eigenvalue weighted by atomic mass is 19.1. The first-order valence-corrected chi connectivity index (χ1v) is 5.14. The molecule has 0 aromatic carbocycles. The number of hydrogen-bond donors (Lipinski definition) is 0. The molecule has 1 rings (SSSR count). The van der Waals surface area contributed by atoms with Crippen LogP contribution in [0.2, 0.25) is 0 Å². The number of nitrogens with zero attached hydrogens (tertiary/aromatic N) is 3. The number of hydrazone groups is 1. The molecule has 0 aromatic heterocycles. The highest BCUT2D eigenvalue weighted by Gasteiger charge is 2.29. The first kappa shape index (κ1) is 11.3. The molecule has 1 heterocycles. The van der Waals surface area contributed by atoms with Crippen LogP contribution in [0.1, 0.15) is 34.1 Å². The third-order valence-electron chi connectivity index (χ3n) is 1.98. The minimum atomic E-state index is -1.07. The summed E-state index contributed by atoms with van der Waals surface area (Å²) in [6.45, 7) is 9.67. The Morgan fingerprint density at radius 2 is 2.07 bits per heavy atom. The van der Waals surface area contributed by atoms with Crippen LogP contribution in [0.3, 0.4) is 0 Å². The lowest BCUT2D eigenvalue weighted by molar-refractivity contribution is 0.00292. The molecule has 0 spiro atoms. The van der Waals surface area contributed by atoms with Crippen molar-refractivity contribution in [1.29, 1.82) is 0 Å². The second-order valence-corrected chi connectivity index (χ2v) is 4.94. The standard InChI is InChI=1S/C10H20FN3/c1-5-6-14-9(11)13(8-12-14)7-10(2,3)4/h8-9H,5-7H2,1-4H3. The molecule has 0 fully saturated rings. The molecule has 0 N–H and O–H groups in total. The van der Waals surface area contributed by atoms with E-state index < -0.39 is 6.42 Å². The predicted molar refractivity (Wildman–Crippen MR) is 56.5 cm³/mol. The van der Waals surface area contributed by atoms with Gasteiger partial charge in [-0.1, -0.05) is 27.7 Å². The molecule has 1 unspecified atom stereocenters. The van der Waals surface area contributed by atoms with Gasteiger partial charge in [0, 0.05) is 13.1 Å². The third-order valence-corrected chi connectivity index (χ3v) is 1.98. The molecule has 1 atom stereocenters. The van der Waals surface area contributed by atoms with Gasteiger partial charge in [-0.3, -0.25) is 0 Å². The van der Waals surface area contributed by atoms with E-state index in [1.165, 1.54) is 5.01 Å². The van der Waals surface area contributed by atoms with Crippen LogP contribution in [0.15, 0.2) is 5.10 Å². The Hall–Kier alpha value is -0.800. The quantitative estimate of drug-likeness (QED) is 0.652. The third kappa shape index (κ3) is 2.86. The van der Waals surface area contributed by atoms with Crippen LogP contribution in [0.5, 0.6) is 0 Å². The summed E-state index contributed by atoms with van der Waals surface area (Å²) in [7, 11) is 0. The first-order chi connectivity index (χ1) is 6.44. The molecule has 0 radical (unpaired) electrons. The van der Waals surface area contributed by atoms with Gasteiger partial charge in [0.25, 0.3) is 6.42 Å². The monoisotopic (exact) mass is 201 g/mol. The van der Waals surface area contributed by atoms with Crippen molar-refractivity contribution >= 4 is 6.34 Å². The van der Waals surface area contributed by atoms with E-state index in [-0.39, 0.29) is 5.41 Å². The van der Waals surface area contributed by atoms with Crippen molar-refractivity contribution in [1.82, 2.24) is 9.91 Å². The molecule has 0 aliphatic carbocycles. The molecule has 14 heavy (non-hydrogen) atoms. The second kappa shape index (κ2) is 4.15. The van der Waals surface area contributed by atoms with Crippen molar-refractivity contribution < 1.29 is 4.39 Å². The molecular weight excluding hydrogens is 181 g/mol. The van der Waals surface area contributed by atoms with Gasteiger partial charge in [0.15, 0.2) is 0 Å². The van der Waals surface area contributed by atoms with Gasteiger partial charge in [-0.05, 0) is 11.8 Å². The number of halogens is 1. The number of hydrogen-bond acceptors (Lipinski definition) is 3. The Labute approximate surface area is 85.6 Å².